The summed E-state index contributed by atoms with van der Waals surface area (Å²) in [5.41, 5.74) is -0.567. The van der Waals surface area contributed by atoms with Gasteiger partial charge in [0.15, 0.2) is 0 Å². The van der Waals surface area contributed by atoms with Gasteiger partial charge in [-0.1, -0.05) is 83.1 Å². The number of hydrogen-bond acceptors (Lipinski definition) is 8. The van der Waals surface area contributed by atoms with Crippen molar-refractivity contribution in [3.05, 3.63) is 92.1 Å². The van der Waals surface area contributed by atoms with Gasteiger partial charge in [-0.3, -0.25) is 9.36 Å². The molecule has 0 amide bonds. The first kappa shape index (κ1) is 31.6. The van der Waals surface area contributed by atoms with Crippen LogP contribution in [-0.2, 0) is 37.7 Å². The number of esters is 1. The molecule has 2 unspecified atom stereocenters. The molecule has 0 N–H and O–H groups in total. The summed E-state index contributed by atoms with van der Waals surface area (Å²) in [5, 5.41) is 0.574. The van der Waals surface area contributed by atoms with E-state index in [4.69, 9.17) is 18.9 Å². The zero-order chi connectivity index (χ0) is 30.7. The predicted octanol–water partition coefficient (Wildman–Crippen LogP) is 5.36. The van der Waals surface area contributed by atoms with Gasteiger partial charge in [0.25, 0.3) is 5.56 Å². The number of nitrogens with zero attached hydrogens (tertiary/aromatic N) is 2. The quantitative estimate of drug-likeness (QED) is 0.161. The van der Waals surface area contributed by atoms with E-state index in [1.165, 1.54) is 11.8 Å². The smallest absolute Gasteiger partial charge is 0.332 e. The molecular formula is C32H37BrN2O7S. The third-order valence-electron chi connectivity index (χ3n) is 8.03. The number of thioether (sulfide) groups is 1. The fourth-order valence-electron chi connectivity index (χ4n) is 5.51. The van der Waals surface area contributed by atoms with Crippen molar-refractivity contribution < 1.29 is 23.7 Å². The topological polar surface area (TPSA) is 98.0 Å². The highest BCUT2D eigenvalue weighted by atomic mass is 79.9. The Morgan fingerprint density at radius 1 is 1.09 bits per heavy atom. The zero-order valence-corrected chi connectivity index (χ0v) is 27.2. The van der Waals surface area contributed by atoms with E-state index in [1.807, 2.05) is 61.5 Å². The summed E-state index contributed by atoms with van der Waals surface area (Å²) < 4.78 is 26.0. The van der Waals surface area contributed by atoms with E-state index in [1.54, 1.807) is 25.5 Å². The van der Waals surface area contributed by atoms with E-state index in [9.17, 15) is 14.4 Å². The molecule has 9 nitrogen and oxygen atoms in total. The lowest BCUT2D eigenvalue weighted by atomic mass is 10.0. The fourth-order valence-corrected chi connectivity index (χ4v) is 7.54. The molecule has 2 aliphatic heterocycles. The number of benzene rings is 2. The van der Waals surface area contributed by atoms with Crippen LogP contribution in [0.3, 0.4) is 0 Å². The highest BCUT2D eigenvalue weighted by Crippen LogP contribution is 2.46. The van der Waals surface area contributed by atoms with Gasteiger partial charge >= 0.3 is 11.7 Å². The van der Waals surface area contributed by atoms with Crippen molar-refractivity contribution in [3.63, 3.8) is 0 Å². The van der Waals surface area contributed by atoms with Crippen LogP contribution >= 0.6 is 27.7 Å². The number of alkyl halides is 1. The Hall–Kier alpha value is -2.86. The third kappa shape index (κ3) is 6.50. The van der Waals surface area contributed by atoms with Crippen LogP contribution in [0, 0.1) is 0 Å². The van der Waals surface area contributed by atoms with Crippen molar-refractivity contribution in [3.8, 4) is 5.75 Å². The average molecular weight is 674 g/mol. The van der Waals surface area contributed by atoms with Crippen LogP contribution in [0.5, 0.6) is 5.75 Å². The van der Waals surface area contributed by atoms with Crippen molar-refractivity contribution in [2.45, 2.75) is 79.6 Å². The highest BCUT2D eigenvalue weighted by Gasteiger charge is 2.42. The van der Waals surface area contributed by atoms with E-state index in [0.29, 0.717) is 29.6 Å². The van der Waals surface area contributed by atoms with Gasteiger partial charge in [0, 0.05) is 24.7 Å². The molecule has 11 heteroatoms. The maximum Gasteiger partial charge on any atom is 0.332 e. The minimum Gasteiger partial charge on any atom is -0.496 e. The molecule has 0 aliphatic carbocycles. The second kappa shape index (κ2) is 13.4. The van der Waals surface area contributed by atoms with Crippen molar-refractivity contribution in [1.82, 2.24) is 9.13 Å². The van der Waals surface area contributed by atoms with Crippen LogP contribution in [0.15, 0.2) is 69.2 Å². The summed E-state index contributed by atoms with van der Waals surface area (Å²) in [6, 6.07) is 16.9. The van der Waals surface area contributed by atoms with E-state index >= 15 is 0 Å². The van der Waals surface area contributed by atoms with Crippen molar-refractivity contribution in [1.29, 1.82) is 0 Å². The van der Waals surface area contributed by atoms with Crippen LogP contribution < -0.4 is 16.0 Å². The summed E-state index contributed by atoms with van der Waals surface area (Å²) in [6.45, 7) is 6.39. The minimum absolute atomic E-state index is 0.0293. The van der Waals surface area contributed by atoms with Gasteiger partial charge in [0.05, 0.1) is 34.5 Å². The number of carbonyl (C=O) groups is 1. The van der Waals surface area contributed by atoms with Gasteiger partial charge in [0.1, 0.15) is 24.0 Å². The number of carbonyl (C=O) groups excluding carboxylic acids is 1. The molecule has 1 aromatic heterocycles. The van der Waals surface area contributed by atoms with Gasteiger partial charge in [-0.2, -0.15) is 0 Å². The largest absolute Gasteiger partial charge is 0.496 e. The van der Waals surface area contributed by atoms with E-state index in [2.05, 4.69) is 15.9 Å². The van der Waals surface area contributed by atoms with Crippen molar-refractivity contribution in [2.75, 3.05) is 20.3 Å². The number of fused-ring (bicyclic) bond motifs is 1. The predicted molar refractivity (Wildman–Crippen MR) is 168 cm³/mol. The number of hydrogen-bond donors (Lipinski definition) is 0. The van der Waals surface area contributed by atoms with E-state index < -0.39 is 28.9 Å². The third-order valence-corrected chi connectivity index (χ3v) is 10.7. The molecule has 3 heterocycles. The van der Waals surface area contributed by atoms with Gasteiger partial charge in [-0.25, -0.2) is 14.2 Å². The number of ether oxygens (including phenoxy) is 4. The first-order valence-electron chi connectivity index (χ1n) is 14.4. The Morgan fingerprint density at radius 3 is 2.47 bits per heavy atom. The van der Waals surface area contributed by atoms with Crippen LogP contribution in [-0.4, -0.2) is 45.7 Å². The first-order valence-corrected chi connectivity index (χ1v) is 16.2. The monoisotopic (exact) mass is 672 g/mol. The second-order valence-corrected chi connectivity index (χ2v) is 14.0. The molecule has 43 heavy (non-hydrogen) atoms. The minimum atomic E-state index is -1.57. The molecule has 230 valence electrons. The Bertz CT molecular complexity index is 1570. The Labute approximate surface area is 263 Å². The summed E-state index contributed by atoms with van der Waals surface area (Å²) in [6.07, 6.45) is 0.824. The number of rotatable bonds is 10. The first-order chi connectivity index (χ1) is 20.6. The number of para-hydroxylation sites is 1. The summed E-state index contributed by atoms with van der Waals surface area (Å²) in [4.78, 5) is 41.9. The maximum atomic E-state index is 14.4. The lowest BCUT2D eigenvalue weighted by Gasteiger charge is -2.31. The fraction of sp³-hybridized carbons (Fsp3) is 0.469. The van der Waals surface area contributed by atoms with Gasteiger partial charge in [0.2, 0.25) is 0 Å². The molecule has 0 saturated carbocycles. The number of methoxy groups -OCH3 is 1. The van der Waals surface area contributed by atoms with Crippen molar-refractivity contribution in [2.24, 2.45) is 0 Å². The molecule has 0 spiro atoms. The maximum absolute atomic E-state index is 14.4. The molecule has 3 atom stereocenters. The van der Waals surface area contributed by atoms with Crippen LogP contribution in [0.1, 0.15) is 62.3 Å². The van der Waals surface area contributed by atoms with Crippen LogP contribution in [0.4, 0.5) is 0 Å². The van der Waals surface area contributed by atoms with Crippen molar-refractivity contribution >= 4 is 33.7 Å². The normalized spacial score (nSPS) is 19.6. The molecule has 2 aliphatic rings. The SMILES string of the molecule is COc1ccccc1[C@H](Cn1c2c(c(=O)n(C(C)(C)C(=O)OCc3ccccc3)c1=O)C(C)C(Br)S2)OC1CCOCC1. The molecule has 5 rings (SSSR count). The lowest BCUT2D eigenvalue weighted by molar-refractivity contribution is -0.154. The summed E-state index contributed by atoms with van der Waals surface area (Å²) >= 11 is 5.11. The summed E-state index contributed by atoms with van der Waals surface area (Å²) in [7, 11) is 1.60. The lowest BCUT2D eigenvalue weighted by Crippen LogP contribution is -2.54. The zero-order valence-electron chi connectivity index (χ0n) is 24.8. The highest BCUT2D eigenvalue weighted by molar-refractivity contribution is 9.11. The molecule has 0 radical (unpaired) electrons. The van der Waals surface area contributed by atoms with Crippen LogP contribution in [0.2, 0.25) is 0 Å². The number of aromatic nitrogens is 2. The Morgan fingerprint density at radius 2 is 1.77 bits per heavy atom. The molecule has 3 aromatic rings. The molecule has 1 fully saturated rings. The average Bonchev–Trinajstić information content (AvgIpc) is 3.31. The molecule has 0 bridgehead atoms. The Kier molecular flexibility index (Phi) is 9.85. The molecule has 1 saturated heterocycles. The van der Waals surface area contributed by atoms with E-state index in [-0.39, 0.29) is 29.3 Å². The van der Waals surface area contributed by atoms with Gasteiger partial charge in [-0.05, 0) is 38.3 Å². The van der Waals surface area contributed by atoms with E-state index in [0.717, 1.165) is 28.5 Å². The Balaban J connectivity index is 1.59. The van der Waals surface area contributed by atoms with Gasteiger partial charge < -0.3 is 18.9 Å². The number of halogens is 1. The molecule has 2 aromatic carbocycles. The summed E-state index contributed by atoms with van der Waals surface area (Å²) in [5.74, 6) is -0.236. The second-order valence-electron chi connectivity index (χ2n) is 11.3. The van der Waals surface area contributed by atoms with Crippen LogP contribution in [0.25, 0.3) is 0 Å². The standard InChI is InChI=1S/C32H37BrN2O7S/c1-20-26-28(36)35(32(2,3)30(37)41-19-21-10-6-5-7-11-21)31(38)34(29(26)43-27(20)33)18-25(42-22-14-16-40-17-15-22)23-12-8-9-13-24(23)39-4/h5-13,20,22,25,27H,14-19H2,1-4H3/t20?,25-,27?/m0/s1. The molecular weight excluding hydrogens is 636 g/mol. The van der Waals surface area contributed by atoms with Gasteiger partial charge in [-0.15, -0.1) is 0 Å².